The van der Waals surface area contributed by atoms with Gasteiger partial charge in [0.05, 0.1) is 5.02 Å². The third-order valence-electron chi connectivity index (χ3n) is 4.81. The number of halogens is 5. The van der Waals surface area contributed by atoms with E-state index in [0.29, 0.717) is 5.69 Å². The first-order valence-corrected chi connectivity index (χ1v) is 12.6. The highest BCUT2D eigenvalue weighted by Gasteiger charge is 2.34. The Balaban J connectivity index is 1.80. The Bertz CT molecular complexity index is 1610. The maximum absolute atomic E-state index is 13.5. The zero-order valence-electron chi connectivity index (χ0n) is 18.7. The first-order valence-electron chi connectivity index (χ1n) is 10.2. The predicted molar refractivity (Wildman–Crippen MR) is 126 cm³/mol. The van der Waals surface area contributed by atoms with Crippen molar-refractivity contribution in [2.75, 3.05) is 17.3 Å². The van der Waals surface area contributed by atoms with E-state index >= 15 is 0 Å². The molecule has 3 heterocycles. The lowest BCUT2D eigenvalue weighted by Gasteiger charge is -2.12. The topological polar surface area (TPSA) is 120 Å². The van der Waals surface area contributed by atoms with E-state index in [1.807, 2.05) is 0 Å². The lowest BCUT2D eigenvalue weighted by Crippen LogP contribution is -2.15. The number of sulfone groups is 1. The maximum atomic E-state index is 13.5. The molecule has 0 radical (unpaired) electrons. The minimum atomic E-state index is -4.72. The number of aromatic nitrogens is 5. The molecular formula is C22H15ClF4N6O3S. The summed E-state index contributed by atoms with van der Waals surface area (Å²) < 4.78 is 77.0. The van der Waals surface area contributed by atoms with Gasteiger partial charge in [-0.1, -0.05) is 11.6 Å². The molecule has 0 fully saturated rings. The molecule has 0 saturated heterocycles. The SMILES string of the molecule is CS(=O)(=O)CC(=O)c1cncc(-c2cnc(Nc3ccc(F)c(Cl)c3)nc2-n2ccc(C(F)(F)F)n2)c1. The Morgan fingerprint density at radius 1 is 1.14 bits per heavy atom. The van der Waals surface area contributed by atoms with Gasteiger partial charge in [-0.2, -0.15) is 23.3 Å². The largest absolute Gasteiger partial charge is 0.435 e. The number of ketones is 1. The van der Waals surface area contributed by atoms with Crippen LogP contribution in [0.2, 0.25) is 5.02 Å². The summed E-state index contributed by atoms with van der Waals surface area (Å²) >= 11 is 5.79. The molecular weight excluding hydrogens is 540 g/mol. The van der Waals surface area contributed by atoms with Gasteiger partial charge in [-0.3, -0.25) is 9.78 Å². The number of alkyl halides is 3. The molecule has 9 nitrogen and oxygen atoms in total. The van der Waals surface area contributed by atoms with E-state index in [9.17, 15) is 30.8 Å². The van der Waals surface area contributed by atoms with Crippen molar-refractivity contribution in [3.05, 3.63) is 77.2 Å². The monoisotopic (exact) mass is 554 g/mol. The third kappa shape index (κ3) is 6.27. The summed E-state index contributed by atoms with van der Waals surface area (Å²) in [6.07, 6.45) is 0.960. The summed E-state index contributed by atoms with van der Waals surface area (Å²) in [5.41, 5.74) is -0.548. The van der Waals surface area contributed by atoms with Gasteiger partial charge in [0.25, 0.3) is 0 Å². The van der Waals surface area contributed by atoms with E-state index in [2.05, 4.69) is 25.4 Å². The van der Waals surface area contributed by atoms with Crippen LogP contribution in [0.3, 0.4) is 0 Å². The van der Waals surface area contributed by atoms with E-state index in [1.54, 1.807) is 0 Å². The molecule has 0 bridgehead atoms. The molecule has 4 aromatic rings. The van der Waals surface area contributed by atoms with Crippen LogP contribution in [0.1, 0.15) is 16.1 Å². The summed E-state index contributed by atoms with van der Waals surface area (Å²) in [5.74, 6) is -2.32. The van der Waals surface area contributed by atoms with Crippen LogP contribution in [0.5, 0.6) is 0 Å². The first-order chi connectivity index (χ1) is 17.3. The van der Waals surface area contributed by atoms with Crippen molar-refractivity contribution in [1.29, 1.82) is 0 Å². The van der Waals surface area contributed by atoms with E-state index in [0.717, 1.165) is 29.3 Å². The Labute approximate surface area is 212 Å². The molecule has 0 amide bonds. The van der Waals surface area contributed by atoms with Gasteiger partial charge < -0.3 is 5.32 Å². The highest BCUT2D eigenvalue weighted by molar-refractivity contribution is 7.91. The Kier molecular flexibility index (Phi) is 6.97. The van der Waals surface area contributed by atoms with Gasteiger partial charge in [0.15, 0.2) is 27.1 Å². The molecule has 0 atom stereocenters. The number of anilines is 2. The third-order valence-corrected chi connectivity index (χ3v) is 5.88. The molecule has 0 aliphatic heterocycles. The van der Waals surface area contributed by atoms with Gasteiger partial charge in [0.2, 0.25) is 5.95 Å². The van der Waals surface area contributed by atoms with Crippen LogP contribution in [-0.2, 0) is 16.0 Å². The number of hydrogen-bond donors (Lipinski definition) is 1. The molecule has 0 aliphatic carbocycles. The second kappa shape index (κ2) is 9.86. The lowest BCUT2D eigenvalue weighted by atomic mass is 10.1. The molecule has 1 N–H and O–H groups in total. The van der Waals surface area contributed by atoms with Crippen molar-refractivity contribution in [2.45, 2.75) is 6.18 Å². The molecule has 192 valence electrons. The van der Waals surface area contributed by atoms with Crippen LogP contribution in [0.15, 0.2) is 55.1 Å². The fraction of sp³-hybridized carbons (Fsp3) is 0.136. The fourth-order valence-electron chi connectivity index (χ4n) is 3.17. The summed E-state index contributed by atoms with van der Waals surface area (Å²) in [5, 5.41) is 6.16. The van der Waals surface area contributed by atoms with Crippen molar-refractivity contribution < 1.29 is 30.8 Å². The Hall–Kier alpha value is -3.91. The average molecular weight is 555 g/mol. The smallest absolute Gasteiger partial charge is 0.324 e. The first kappa shape index (κ1) is 26.2. The number of hydrogen-bond acceptors (Lipinski definition) is 8. The molecule has 37 heavy (non-hydrogen) atoms. The molecule has 0 unspecified atom stereocenters. The fourth-order valence-corrected chi connectivity index (χ4v) is 3.99. The van der Waals surface area contributed by atoms with Gasteiger partial charge >= 0.3 is 6.18 Å². The zero-order valence-corrected chi connectivity index (χ0v) is 20.2. The number of nitrogens with one attached hydrogen (secondary N) is 1. The van der Waals surface area contributed by atoms with Crippen molar-refractivity contribution >= 4 is 38.9 Å². The molecule has 0 spiro atoms. The van der Waals surface area contributed by atoms with Crippen molar-refractivity contribution in [2.24, 2.45) is 0 Å². The van der Waals surface area contributed by atoms with E-state index in [1.165, 1.54) is 36.8 Å². The minimum absolute atomic E-state index is 0.0338. The predicted octanol–water partition coefficient (Wildman–Crippen LogP) is 4.51. The molecule has 4 rings (SSSR count). The molecule has 0 saturated carbocycles. The normalized spacial score (nSPS) is 11.9. The standard InChI is InChI=1S/C22H15ClF4N6O3S/c1-37(35,36)11-18(34)13-6-12(8-28-9-13)15-10-29-21(30-14-2-3-17(24)16(23)7-14)31-20(15)33-5-4-19(32-33)22(25,26)27/h2-10H,11H2,1H3,(H,29,30,31). The number of carbonyl (C=O) groups excluding carboxylic acids is 1. The van der Waals surface area contributed by atoms with Crippen LogP contribution in [0, 0.1) is 5.82 Å². The van der Waals surface area contributed by atoms with Crippen LogP contribution in [0.4, 0.5) is 29.2 Å². The number of rotatable bonds is 7. The van der Waals surface area contributed by atoms with Crippen LogP contribution >= 0.6 is 11.6 Å². The van der Waals surface area contributed by atoms with Gasteiger partial charge in [-0.15, -0.1) is 0 Å². The molecule has 15 heteroatoms. The number of Topliss-reactive ketones (excluding diaryl/α,β-unsaturated/α-hetero) is 1. The number of pyridine rings is 1. The highest BCUT2D eigenvalue weighted by atomic mass is 35.5. The average Bonchev–Trinajstić information content (AvgIpc) is 3.31. The quantitative estimate of drug-likeness (QED) is 0.262. The van der Waals surface area contributed by atoms with Crippen LogP contribution in [0.25, 0.3) is 16.9 Å². The van der Waals surface area contributed by atoms with Crippen molar-refractivity contribution in [3.63, 3.8) is 0 Å². The molecule has 3 aromatic heterocycles. The summed E-state index contributed by atoms with van der Waals surface area (Å²) in [6, 6.07) is 5.80. The Morgan fingerprint density at radius 2 is 1.89 bits per heavy atom. The highest BCUT2D eigenvalue weighted by Crippen LogP contribution is 2.31. The van der Waals surface area contributed by atoms with Crippen LogP contribution in [-0.4, -0.2) is 50.9 Å². The van der Waals surface area contributed by atoms with Gasteiger partial charge in [-0.05, 0) is 30.3 Å². The van der Waals surface area contributed by atoms with Crippen LogP contribution < -0.4 is 5.32 Å². The molecule has 0 aliphatic rings. The van der Waals surface area contributed by atoms with E-state index in [4.69, 9.17) is 11.6 Å². The summed E-state index contributed by atoms with van der Waals surface area (Å²) in [6.45, 7) is 0. The number of nitrogens with zero attached hydrogens (tertiary/aromatic N) is 5. The molecule has 1 aromatic carbocycles. The second-order valence-corrected chi connectivity index (χ2v) is 10.3. The van der Waals surface area contributed by atoms with E-state index in [-0.39, 0.29) is 33.5 Å². The van der Waals surface area contributed by atoms with E-state index < -0.39 is 39.1 Å². The zero-order chi connectivity index (χ0) is 27.0. The number of benzene rings is 1. The lowest BCUT2D eigenvalue weighted by molar-refractivity contribution is -0.141. The minimum Gasteiger partial charge on any atom is -0.324 e. The second-order valence-electron chi connectivity index (χ2n) is 7.78. The maximum Gasteiger partial charge on any atom is 0.435 e. The summed E-state index contributed by atoms with van der Waals surface area (Å²) in [7, 11) is -3.62. The van der Waals surface area contributed by atoms with Crippen molar-refractivity contribution in [3.8, 4) is 16.9 Å². The van der Waals surface area contributed by atoms with Gasteiger partial charge in [-0.25, -0.2) is 22.5 Å². The summed E-state index contributed by atoms with van der Waals surface area (Å²) in [4.78, 5) is 24.7. The van der Waals surface area contributed by atoms with Gasteiger partial charge in [0.1, 0.15) is 11.6 Å². The van der Waals surface area contributed by atoms with Crippen molar-refractivity contribution in [1.82, 2.24) is 24.7 Å². The number of carbonyl (C=O) groups is 1. The Morgan fingerprint density at radius 3 is 2.54 bits per heavy atom. The van der Waals surface area contributed by atoms with Gasteiger partial charge in [0, 0.05) is 53.4 Å².